The van der Waals surface area contributed by atoms with Crippen LogP contribution in [0.25, 0.3) is 0 Å². The molecule has 0 aliphatic heterocycles. The molecule has 0 aromatic heterocycles. The molecule has 4 nitrogen and oxygen atoms in total. The minimum absolute atomic E-state index is 0.130. The van der Waals surface area contributed by atoms with Gasteiger partial charge in [-0.3, -0.25) is 4.72 Å². The number of benzene rings is 2. The Hall–Kier alpha value is -1.92. The summed E-state index contributed by atoms with van der Waals surface area (Å²) in [7, 11) is -3.95. The van der Waals surface area contributed by atoms with Gasteiger partial charge in [-0.05, 0) is 38.0 Å². The average molecular weight is 323 g/mol. The van der Waals surface area contributed by atoms with Crippen molar-refractivity contribution in [2.75, 3.05) is 4.72 Å². The summed E-state index contributed by atoms with van der Waals surface area (Å²) in [5.41, 5.74) is 2.10. The van der Waals surface area contributed by atoms with Crippen LogP contribution >= 0.6 is 0 Å². The average Bonchev–Trinajstić information content (AvgIpc) is 2.39. The van der Waals surface area contributed by atoms with E-state index in [2.05, 4.69) is 4.72 Å². The van der Waals surface area contributed by atoms with E-state index in [0.29, 0.717) is 11.1 Å². The molecular formula is C16H18FNO3S. The van der Waals surface area contributed by atoms with Crippen LogP contribution in [0.5, 0.6) is 0 Å². The lowest BCUT2D eigenvalue weighted by Gasteiger charge is -2.16. The third-order valence-electron chi connectivity index (χ3n) is 3.38. The van der Waals surface area contributed by atoms with Gasteiger partial charge >= 0.3 is 0 Å². The van der Waals surface area contributed by atoms with Gasteiger partial charge in [-0.1, -0.05) is 29.8 Å². The van der Waals surface area contributed by atoms with Crippen LogP contribution < -0.4 is 4.72 Å². The van der Waals surface area contributed by atoms with Crippen molar-refractivity contribution >= 4 is 15.7 Å². The number of aliphatic hydroxyl groups excluding tert-OH is 1. The summed E-state index contributed by atoms with van der Waals surface area (Å²) in [5, 5.41) is 9.25. The van der Waals surface area contributed by atoms with Gasteiger partial charge in [-0.25, -0.2) is 12.8 Å². The molecule has 0 atom stereocenters. The number of rotatable bonds is 4. The molecule has 0 amide bonds. The van der Waals surface area contributed by atoms with E-state index in [1.807, 2.05) is 6.92 Å². The van der Waals surface area contributed by atoms with E-state index in [4.69, 9.17) is 0 Å². The normalized spacial score (nSPS) is 11.5. The van der Waals surface area contributed by atoms with E-state index in [1.165, 1.54) is 12.1 Å². The van der Waals surface area contributed by atoms with Crippen molar-refractivity contribution in [3.05, 3.63) is 58.4 Å². The number of hydrogen-bond donors (Lipinski definition) is 2. The molecule has 0 radical (unpaired) electrons. The quantitative estimate of drug-likeness (QED) is 0.909. The highest BCUT2D eigenvalue weighted by atomic mass is 32.2. The van der Waals surface area contributed by atoms with Crippen LogP contribution in [-0.4, -0.2) is 13.5 Å². The number of sulfonamides is 1. The Morgan fingerprint density at radius 3 is 2.27 bits per heavy atom. The van der Waals surface area contributed by atoms with E-state index in [0.717, 1.165) is 11.6 Å². The molecule has 22 heavy (non-hydrogen) atoms. The molecule has 0 aliphatic rings. The van der Waals surface area contributed by atoms with Crippen molar-refractivity contribution in [2.24, 2.45) is 0 Å². The highest BCUT2D eigenvalue weighted by Gasteiger charge is 2.22. The summed E-state index contributed by atoms with van der Waals surface area (Å²) in [6, 6.07) is 7.55. The minimum atomic E-state index is -3.95. The van der Waals surface area contributed by atoms with Crippen molar-refractivity contribution in [3.63, 3.8) is 0 Å². The summed E-state index contributed by atoms with van der Waals surface area (Å²) < 4.78 is 41.4. The SMILES string of the molecule is Cc1cc(C)c(S(=O)(=O)Nc2c(F)cccc2CO)c(C)c1. The van der Waals surface area contributed by atoms with Crippen LogP contribution in [0.4, 0.5) is 10.1 Å². The Bertz CT molecular complexity index is 793. The zero-order valence-corrected chi connectivity index (χ0v) is 13.5. The van der Waals surface area contributed by atoms with Crippen LogP contribution in [0.3, 0.4) is 0 Å². The molecule has 0 unspecified atom stereocenters. The van der Waals surface area contributed by atoms with E-state index < -0.39 is 22.4 Å². The molecule has 0 saturated heterocycles. The number of halogens is 1. The number of para-hydroxylation sites is 1. The summed E-state index contributed by atoms with van der Waals surface area (Å²) >= 11 is 0. The van der Waals surface area contributed by atoms with Gasteiger partial charge in [0, 0.05) is 5.56 Å². The molecule has 0 fully saturated rings. The van der Waals surface area contributed by atoms with E-state index >= 15 is 0 Å². The van der Waals surface area contributed by atoms with Gasteiger partial charge in [0.2, 0.25) is 0 Å². The summed E-state index contributed by atoms with van der Waals surface area (Å²) in [5.74, 6) is -0.724. The molecule has 2 N–H and O–H groups in total. The molecule has 6 heteroatoms. The predicted octanol–water partition coefficient (Wildman–Crippen LogP) is 3.04. The van der Waals surface area contributed by atoms with Gasteiger partial charge in [-0.2, -0.15) is 0 Å². The lowest BCUT2D eigenvalue weighted by atomic mass is 10.1. The van der Waals surface area contributed by atoms with E-state index in [-0.39, 0.29) is 16.1 Å². The van der Waals surface area contributed by atoms with Gasteiger partial charge in [-0.15, -0.1) is 0 Å². The first-order valence-electron chi connectivity index (χ1n) is 6.75. The maximum absolute atomic E-state index is 13.9. The Morgan fingerprint density at radius 2 is 1.73 bits per heavy atom. The number of hydrogen-bond acceptors (Lipinski definition) is 3. The highest BCUT2D eigenvalue weighted by molar-refractivity contribution is 7.92. The molecule has 0 spiro atoms. The fourth-order valence-electron chi connectivity index (χ4n) is 2.59. The minimum Gasteiger partial charge on any atom is -0.392 e. The summed E-state index contributed by atoms with van der Waals surface area (Å²) in [4.78, 5) is 0.130. The monoisotopic (exact) mass is 323 g/mol. The standard InChI is InChI=1S/C16H18FNO3S/c1-10-7-11(2)16(12(3)8-10)22(20,21)18-15-13(9-19)5-4-6-14(15)17/h4-8,18-19H,9H2,1-3H3. The molecule has 0 bridgehead atoms. The number of aliphatic hydroxyl groups is 1. The van der Waals surface area contributed by atoms with E-state index in [9.17, 15) is 17.9 Å². The Kier molecular flexibility index (Phi) is 4.53. The van der Waals surface area contributed by atoms with Gasteiger partial charge in [0.15, 0.2) is 0 Å². The maximum atomic E-state index is 13.9. The van der Waals surface area contributed by atoms with E-state index in [1.54, 1.807) is 26.0 Å². The largest absolute Gasteiger partial charge is 0.392 e. The highest BCUT2D eigenvalue weighted by Crippen LogP contribution is 2.27. The van der Waals surface area contributed by atoms with Crippen molar-refractivity contribution in [3.8, 4) is 0 Å². The molecule has 0 saturated carbocycles. The molecule has 0 aliphatic carbocycles. The smallest absolute Gasteiger partial charge is 0.262 e. The summed E-state index contributed by atoms with van der Waals surface area (Å²) in [6.45, 7) is 4.82. The lowest BCUT2D eigenvalue weighted by Crippen LogP contribution is -2.18. The Morgan fingerprint density at radius 1 is 1.14 bits per heavy atom. The van der Waals surface area contributed by atoms with Crippen LogP contribution in [-0.2, 0) is 16.6 Å². The van der Waals surface area contributed by atoms with Crippen LogP contribution in [0, 0.1) is 26.6 Å². The Balaban J connectivity index is 2.55. The first-order valence-corrected chi connectivity index (χ1v) is 8.23. The molecule has 0 heterocycles. The fourth-order valence-corrected chi connectivity index (χ4v) is 4.16. The predicted molar refractivity (Wildman–Crippen MR) is 83.8 cm³/mol. The van der Waals surface area contributed by atoms with Crippen LogP contribution in [0.15, 0.2) is 35.2 Å². The van der Waals surface area contributed by atoms with Gasteiger partial charge < -0.3 is 5.11 Å². The third kappa shape index (κ3) is 3.13. The van der Waals surface area contributed by atoms with Crippen LogP contribution in [0.2, 0.25) is 0 Å². The molecule has 2 rings (SSSR count). The maximum Gasteiger partial charge on any atom is 0.262 e. The second kappa shape index (κ2) is 6.06. The van der Waals surface area contributed by atoms with Gasteiger partial charge in [0.05, 0.1) is 17.2 Å². The molecule has 2 aromatic carbocycles. The zero-order valence-electron chi connectivity index (χ0n) is 12.6. The van der Waals surface area contributed by atoms with Crippen molar-refractivity contribution in [2.45, 2.75) is 32.3 Å². The topological polar surface area (TPSA) is 66.4 Å². The number of nitrogens with one attached hydrogen (secondary N) is 1. The zero-order chi connectivity index (χ0) is 16.5. The first-order chi connectivity index (χ1) is 10.3. The number of anilines is 1. The summed E-state index contributed by atoms with van der Waals surface area (Å²) in [6.07, 6.45) is 0. The van der Waals surface area contributed by atoms with Crippen molar-refractivity contribution < 1.29 is 17.9 Å². The second-order valence-electron chi connectivity index (χ2n) is 5.27. The fraction of sp³-hybridized carbons (Fsp3) is 0.250. The van der Waals surface area contributed by atoms with Crippen LogP contribution in [0.1, 0.15) is 22.3 Å². The second-order valence-corrected chi connectivity index (χ2v) is 6.88. The number of aryl methyl sites for hydroxylation is 3. The van der Waals surface area contributed by atoms with Crippen molar-refractivity contribution in [1.82, 2.24) is 0 Å². The molecular weight excluding hydrogens is 305 g/mol. The van der Waals surface area contributed by atoms with Gasteiger partial charge in [0.1, 0.15) is 5.82 Å². The third-order valence-corrected chi connectivity index (χ3v) is 5.03. The first kappa shape index (κ1) is 16.5. The molecule has 118 valence electrons. The van der Waals surface area contributed by atoms with Crippen molar-refractivity contribution in [1.29, 1.82) is 0 Å². The van der Waals surface area contributed by atoms with Gasteiger partial charge in [0.25, 0.3) is 10.0 Å². The molecule has 2 aromatic rings. The lowest BCUT2D eigenvalue weighted by molar-refractivity contribution is 0.282. The Labute approximate surface area is 129 Å².